The van der Waals surface area contributed by atoms with Crippen LogP contribution < -0.4 is 15.4 Å². The van der Waals surface area contributed by atoms with Crippen molar-refractivity contribution in [2.45, 2.75) is 47.9 Å². The van der Waals surface area contributed by atoms with Crippen molar-refractivity contribution in [3.63, 3.8) is 0 Å². The highest BCUT2D eigenvalue weighted by molar-refractivity contribution is 7.98. The SMILES string of the molecule is CNS(=O)(=O)c1cc(NC2CCCCC2)cc(C(=O)Nc2cccc(SC)c2)c1. The molecule has 1 saturated carbocycles. The Hall–Kier alpha value is -2.03. The molecule has 1 amide bonds. The van der Waals surface area contributed by atoms with Crippen LogP contribution in [0.15, 0.2) is 52.3 Å². The van der Waals surface area contributed by atoms with Gasteiger partial charge in [-0.25, -0.2) is 13.1 Å². The van der Waals surface area contributed by atoms with Gasteiger partial charge in [-0.1, -0.05) is 25.3 Å². The van der Waals surface area contributed by atoms with E-state index in [2.05, 4.69) is 15.4 Å². The predicted octanol–water partition coefficient (Wildman–Crippen LogP) is 4.31. The first-order valence-electron chi connectivity index (χ1n) is 9.72. The molecule has 8 heteroatoms. The maximum atomic E-state index is 12.9. The van der Waals surface area contributed by atoms with Gasteiger partial charge in [-0.3, -0.25) is 4.79 Å². The van der Waals surface area contributed by atoms with Crippen molar-refractivity contribution in [2.24, 2.45) is 0 Å². The maximum Gasteiger partial charge on any atom is 0.255 e. The van der Waals surface area contributed by atoms with E-state index < -0.39 is 10.0 Å². The number of sulfonamides is 1. The van der Waals surface area contributed by atoms with Gasteiger partial charge < -0.3 is 10.6 Å². The summed E-state index contributed by atoms with van der Waals surface area (Å²) >= 11 is 1.59. The van der Waals surface area contributed by atoms with E-state index in [4.69, 9.17) is 0 Å². The summed E-state index contributed by atoms with van der Waals surface area (Å²) in [5.41, 5.74) is 1.62. The molecule has 0 bridgehead atoms. The Kier molecular flexibility index (Phi) is 7.21. The van der Waals surface area contributed by atoms with Gasteiger partial charge in [-0.15, -0.1) is 11.8 Å². The number of rotatable bonds is 7. The second kappa shape index (κ2) is 9.65. The lowest BCUT2D eigenvalue weighted by molar-refractivity contribution is 0.102. The lowest BCUT2D eigenvalue weighted by Gasteiger charge is -2.24. The summed E-state index contributed by atoms with van der Waals surface area (Å²) in [4.78, 5) is 14.0. The number of thioether (sulfide) groups is 1. The molecule has 0 radical (unpaired) electrons. The molecular weight excluding hydrogens is 406 g/mol. The summed E-state index contributed by atoms with van der Waals surface area (Å²) in [5, 5.41) is 6.28. The number of anilines is 2. The summed E-state index contributed by atoms with van der Waals surface area (Å²) in [6, 6.07) is 12.6. The fourth-order valence-electron chi connectivity index (χ4n) is 3.47. The van der Waals surface area contributed by atoms with Crippen LogP contribution in [0.5, 0.6) is 0 Å². The number of hydrogen-bond donors (Lipinski definition) is 3. The standard InChI is InChI=1S/C21H27N3O3S2/c1-22-29(26,27)20-12-15(11-18(14-20)23-16-7-4-3-5-8-16)21(25)24-17-9-6-10-19(13-17)28-2/h6,9-14,16,22-23H,3-5,7-8H2,1-2H3,(H,24,25). The molecule has 1 fully saturated rings. The average molecular weight is 434 g/mol. The van der Waals surface area contributed by atoms with Gasteiger partial charge in [0.15, 0.2) is 0 Å². The van der Waals surface area contributed by atoms with Crippen LogP contribution >= 0.6 is 11.8 Å². The smallest absolute Gasteiger partial charge is 0.255 e. The molecule has 0 heterocycles. The van der Waals surface area contributed by atoms with Crippen LogP contribution in [0.1, 0.15) is 42.5 Å². The zero-order valence-corrected chi connectivity index (χ0v) is 18.3. The van der Waals surface area contributed by atoms with Gasteiger partial charge in [0.2, 0.25) is 10.0 Å². The topological polar surface area (TPSA) is 87.3 Å². The number of carbonyl (C=O) groups excluding carboxylic acids is 1. The van der Waals surface area contributed by atoms with E-state index in [1.54, 1.807) is 23.9 Å². The number of amides is 1. The van der Waals surface area contributed by atoms with Gasteiger partial charge >= 0.3 is 0 Å². The van der Waals surface area contributed by atoms with E-state index >= 15 is 0 Å². The molecule has 0 atom stereocenters. The van der Waals surface area contributed by atoms with Crippen molar-refractivity contribution in [1.82, 2.24) is 4.72 Å². The monoisotopic (exact) mass is 433 g/mol. The van der Waals surface area contributed by atoms with Crippen molar-refractivity contribution in [3.05, 3.63) is 48.0 Å². The number of carbonyl (C=O) groups is 1. The first kappa shape index (κ1) is 21.7. The van der Waals surface area contributed by atoms with Gasteiger partial charge in [-0.05, 0) is 62.5 Å². The maximum absolute atomic E-state index is 12.9. The summed E-state index contributed by atoms with van der Waals surface area (Å²) in [5.74, 6) is -0.344. The fraction of sp³-hybridized carbons (Fsp3) is 0.381. The Morgan fingerprint density at radius 1 is 1.03 bits per heavy atom. The molecule has 3 rings (SSSR count). The lowest BCUT2D eigenvalue weighted by Crippen LogP contribution is -2.24. The molecule has 3 N–H and O–H groups in total. The van der Waals surface area contributed by atoms with Crippen molar-refractivity contribution in [1.29, 1.82) is 0 Å². The minimum absolute atomic E-state index is 0.0730. The highest BCUT2D eigenvalue weighted by Gasteiger charge is 2.19. The third-order valence-electron chi connectivity index (χ3n) is 5.05. The molecule has 0 aliphatic heterocycles. The van der Waals surface area contributed by atoms with Crippen LogP contribution in [-0.2, 0) is 10.0 Å². The van der Waals surface area contributed by atoms with Crippen LogP contribution in [-0.4, -0.2) is 33.7 Å². The van der Waals surface area contributed by atoms with E-state index in [1.807, 2.05) is 30.5 Å². The first-order chi connectivity index (χ1) is 13.9. The highest BCUT2D eigenvalue weighted by atomic mass is 32.2. The Morgan fingerprint density at radius 3 is 2.48 bits per heavy atom. The van der Waals surface area contributed by atoms with Crippen LogP contribution in [0.2, 0.25) is 0 Å². The zero-order valence-electron chi connectivity index (χ0n) is 16.7. The third-order valence-corrected chi connectivity index (χ3v) is 7.17. The molecule has 1 aliphatic rings. The Morgan fingerprint density at radius 2 is 1.79 bits per heavy atom. The van der Waals surface area contributed by atoms with Crippen LogP contribution in [0.4, 0.5) is 11.4 Å². The zero-order chi connectivity index (χ0) is 20.9. The Labute approximate surface area is 176 Å². The van der Waals surface area contributed by atoms with Crippen molar-refractivity contribution >= 4 is 39.1 Å². The molecule has 0 unspecified atom stereocenters. The van der Waals surface area contributed by atoms with E-state index in [-0.39, 0.29) is 10.8 Å². The summed E-state index contributed by atoms with van der Waals surface area (Å²) in [6.45, 7) is 0. The van der Waals surface area contributed by atoms with Gasteiger partial charge in [0.1, 0.15) is 0 Å². The first-order valence-corrected chi connectivity index (χ1v) is 12.4. The van der Waals surface area contributed by atoms with Crippen molar-refractivity contribution < 1.29 is 13.2 Å². The van der Waals surface area contributed by atoms with Crippen molar-refractivity contribution in [2.75, 3.05) is 23.9 Å². The highest BCUT2D eigenvalue weighted by Crippen LogP contribution is 2.26. The Balaban J connectivity index is 1.89. The minimum atomic E-state index is -3.67. The molecule has 0 spiro atoms. The number of nitrogens with one attached hydrogen (secondary N) is 3. The minimum Gasteiger partial charge on any atom is -0.382 e. The van der Waals surface area contributed by atoms with Gasteiger partial charge in [-0.2, -0.15) is 0 Å². The van der Waals surface area contributed by atoms with Gasteiger partial charge in [0, 0.05) is 27.9 Å². The van der Waals surface area contributed by atoms with Crippen LogP contribution in [0.3, 0.4) is 0 Å². The van der Waals surface area contributed by atoms with Crippen LogP contribution in [0, 0.1) is 0 Å². The van der Waals surface area contributed by atoms with Crippen LogP contribution in [0.25, 0.3) is 0 Å². The fourth-order valence-corrected chi connectivity index (χ4v) is 4.73. The second-order valence-corrected chi connectivity index (χ2v) is 9.89. The van der Waals surface area contributed by atoms with E-state index in [0.717, 1.165) is 30.6 Å². The summed E-state index contributed by atoms with van der Waals surface area (Å²) in [6.07, 6.45) is 7.61. The van der Waals surface area contributed by atoms with Gasteiger partial charge in [0.05, 0.1) is 4.90 Å². The molecule has 1 aliphatic carbocycles. The largest absolute Gasteiger partial charge is 0.382 e. The summed E-state index contributed by atoms with van der Waals surface area (Å²) in [7, 11) is -2.31. The molecule has 0 aromatic heterocycles. The molecule has 0 saturated heterocycles. The molecule has 2 aromatic rings. The van der Waals surface area contributed by atoms with E-state index in [0.29, 0.717) is 23.0 Å². The van der Waals surface area contributed by atoms with E-state index in [9.17, 15) is 13.2 Å². The van der Waals surface area contributed by atoms with E-state index in [1.165, 1.54) is 19.5 Å². The number of benzene rings is 2. The molecule has 2 aromatic carbocycles. The molecule has 29 heavy (non-hydrogen) atoms. The second-order valence-electron chi connectivity index (χ2n) is 7.12. The Bertz CT molecular complexity index is 971. The summed E-state index contributed by atoms with van der Waals surface area (Å²) < 4.78 is 27.1. The number of hydrogen-bond acceptors (Lipinski definition) is 5. The molecule has 156 valence electrons. The third kappa shape index (κ3) is 5.74. The molecule has 6 nitrogen and oxygen atoms in total. The average Bonchev–Trinajstić information content (AvgIpc) is 2.74. The molecular formula is C21H27N3O3S2. The van der Waals surface area contributed by atoms with Gasteiger partial charge in [0.25, 0.3) is 5.91 Å². The van der Waals surface area contributed by atoms with Crippen molar-refractivity contribution in [3.8, 4) is 0 Å². The predicted molar refractivity (Wildman–Crippen MR) is 119 cm³/mol. The lowest BCUT2D eigenvalue weighted by atomic mass is 9.95. The normalized spacial score (nSPS) is 15.1. The quantitative estimate of drug-likeness (QED) is 0.566.